The van der Waals surface area contributed by atoms with Gasteiger partial charge in [0.2, 0.25) is 0 Å². The summed E-state index contributed by atoms with van der Waals surface area (Å²) < 4.78 is 5.95. The Kier molecular flexibility index (Phi) is 4.45. The number of carbonyl (C=O) groups excluding carboxylic acids is 1. The summed E-state index contributed by atoms with van der Waals surface area (Å²) in [6, 6.07) is 8.31. The molecule has 1 amide bonds. The van der Waals surface area contributed by atoms with Gasteiger partial charge in [-0.15, -0.1) is 0 Å². The van der Waals surface area contributed by atoms with Gasteiger partial charge in [-0.1, -0.05) is 35.6 Å². The molecule has 0 unspecified atom stereocenters. The van der Waals surface area contributed by atoms with E-state index in [9.17, 15) is 4.79 Å². The Morgan fingerprint density at radius 2 is 2.12 bits per heavy atom. The van der Waals surface area contributed by atoms with Crippen molar-refractivity contribution in [2.24, 2.45) is 0 Å². The molecule has 0 atom stereocenters. The van der Waals surface area contributed by atoms with Gasteiger partial charge in [0.25, 0.3) is 5.91 Å². The molecule has 4 rings (SSSR count). The third kappa shape index (κ3) is 3.40. The number of aryl methyl sites for hydroxylation is 1. The number of nitrogens with one attached hydrogen (secondary N) is 1. The number of anilines is 1. The number of pyridine rings is 1. The zero-order valence-electron chi connectivity index (χ0n) is 13.7. The number of fused-ring (bicyclic) bond motifs is 1. The van der Waals surface area contributed by atoms with E-state index in [-0.39, 0.29) is 5.91 Å². The highest BCUT2D eigenvalue weighted by molar-refractivity contribution is 8.26. The van der Waals surface area contributed by atoms with E-state index < -0.39 is 0 Å². The number of aromatic nitrogens is 1. The number of rotatable bonds is 2. The Hall–Kier alpha value is -1.96. The number of benzene rings is 1. The predicted molar refractivity (Wildman–Crippen MR) is 106 cm³/mol. The molecule has 1 aromatic heterocycles. The third-order valence-electron chi connectivity index (χ3n) is 4.22. The molecule has 25 heavy (non-hydrogen) atoms. The van der Waals surface area contributed by atoms with Crippen molar-refractivity contribution in [2.45, 2.75) is 6.92 Å². The largest absolute Gasteiger partial charge is 0.378 e. The van der Waals surface area contributed by atoms with Crippen LogP contribution in [0.2, 0.25) is 0 Å². The maximum Gasteiger partial charge on any atom is 0.263 e. The summed E-state index contributed by atoms with van der Waals surface area (Å²) in [5.74, 6) is 0.741. The highest BCUT2D eigenvalue weighted by Crippen LogP contribution is 2.31. The summed E-state index contributed by atoms with van der Waals surface area (Å²) >= 11 is 6.38. The highest BCUT2D eigenvalue weighted by atomic mass is 32.2. The lowest BCUT2D eigenvalue weighted by Crippen LogP contribution is -2.37. The molecule has 0 radical (unpaired) electrons. The summed E-state index contributed by atoms with van der Waals surface area (Å²) in [6.45, 7) is 5.01. The molecule has 2 fully saturated rings. The molecule has 2 aliphatic rings. The van der Waals surface area contributed by atoms with E-state index in [1.54, 1.807) is 0 Å². The zero-order valence-corrected chi connectivity index (χ0v) is 15.4. The zero-order chi connectivity index (χ0) is 17.4. The SMILES string of the molecule is Cc1ccc2nc(N3CCOCC3)c(/C=C3/SC(=S)NC3=O)cc2c1. The molecule has 2 aromatic rings. The molecule has 5 nitrogen and oxygen atoms in total. The first-order valence-corrected chi connectivity index (χ1v) is 9.31. The van der Waals surface area contributed by atoms with E-state index in [4.69, 9.17) is 21.9 Å². The lowest BCUT2D eigenvalue weighted by molar-refractivity contribution is -0.115. The molecule has 1 N–H and O–H groups in total. The molecule has 2 aliphatic heterocycles. The standard InChI is InChI=1S/C18H17N3O2S2/c1-11-2-3-14-12(8-11)9-13(10-15-17(22)20-18(24)25-15)16(19-14)21-4-6-23-7-5-21/h2-3,8-10H,4-7H2,1H3,(H,20,22,24)/b15-10+. The summed E-state index contributed by atoms with van der Waals surface area (Å²) in [7, 11) is 0. The fourth-order valence-corrected chi connectivity index (χ4v) is 4.03. The lowest BCUT2D eigenvalue weighted by atomic mass is 10.1. The second-order valence-corrected chi connectivity index (χ2v) is 7.77. The summed E-state index contributed by atoms with van der Waals surface area (Å²) in [6.07, 6.45) is 1.89. The second kappa shape index (κ2) is 6.74. The average molecular weight is 371 g/mol. The summed E-state index contributed by atoms with van der Waals surface area (Å²) in [5.41, 5.74) is 3.07. The van der Waals surface area contributed by atoms with Crippen molar-refractivity contribution in [3.63, 3.8) is 0 Å². The van der Waals surface area contributed by atoms with Gasteiger partial charge in [0.05, 0.1) is 23.6 Å². The van der Waals surface area contributed by atoms with Crippen LogP contribution >= 0.6 is 24.0 Å². The maximum absolute atomic E-state index is 12.1. The fourth-order valence-electron chi connectivity index (χ4n) is 3.00. The van der Waals surface area contributed by atoms with E-state index in [0.29, 0.717) is 22.4 Å². The molecule has 3 heterocycles. The van der Waals surface area contributed by atoms with Gasteiger partial charge in [0.15, 0.2) is 0 Å². The van der Waals surface area contributed by atoms with E-state index in [1.165, 1.54) is 17.3 Å². The minimum Gasteiger partial charge on any atom is -0.378 e. The molecular formula is C18H17N3O2S2. The first-order chi connectivity index (χ1) is 12.1. The van der Waals surface area contributed by atoms with E-state index in [1.807, 2.05) is 12.1 Å². The van der Waals surface area contributed by atoms with Crippen LogP contribution in [0, 0.1) is 6.92 Å². The number of morpholine rings is 1. The highest BCUT2D eigenvalue weighted by Gasteiger charge is 2.24. The molecule has 2 saturated heterocycles. The van der Waals surface area contributed by atoms with E-state index in [0.717, 1.165) is 35.4 Å². The third-order valence-corrected chi connectivity index (χ3v) is 5.38. The summed E-state index contributed by atoms with van der Waals surface area (Å²) in [5, 5.41) is 3.73. The van der Waals surface area contributed by atoms with Gasteiger partial charge in [-0.25, -0.2) is 4.98 Å². The molecule has 128 valence electrons. The van der Waals surface area contributed by atoms with Crippen molar-refractivity contribution >= 4 is 57.0 Å². The number of carbonyl (C=O) groups is 1. The van der Waals surface area contributed by atoms with Crippen molar-refractivity contribution in [3.05, 3.63) is 40.3 Å². The van der Waals surface area contributed by atoms with Crippen LogP contribution in [-0.4, -0.2) is 41.5 Å². The van der Waals surface area contributed by atoms with Gasteiger partial charge >= 0.3 is 0 Å². The Morgan fingerprint density at radius 1 is 1.32 bits per heavy atom. The average Bonchev–Trinajstić information content (AvgIpc) is 2.92. The van der Waals surface area contributed by atoms with Gasteiger partial charge in [-0.3, -0.25) is 4.79 Å². The van der Waals surface area contributed by atoms with Crippen LogP contribution in [0.3, 0.4) is 0 Å². The monoisotopic (exact) mass is 371 g/mol. The molecule has 0 saturated carbocycles. The van der Waals surface area contributed by atoms with Crippen molar-refractivity contribution in [1.82, 2.24) is 10.3 Å². The second-order valence-electron chi connectivity index (χ2n) is 6.05. The van der Waals surface area contributed by atoms with Crippen LogP contribution in [0.5, 0.6) is 0 Å². The fraction of sp³-hybridized carbons (Fsp3) is 0.278. The first kappa shape index (κ1) is 16.5. The van der Waals surface area contributed by atoms with Gasteiger partial charge < -0.3 is 15.0 Å². The Balaban J connectivity index is 1.85. The van der Waals surface area contributed by atoms with E-state index in [2.05, 4.69) is 35.3 Å². The predicted octanol–water partition coefficient (Wildman–Crippen LogP) is 2.87. The first-order valence-electron chi connectivity index (χ1n) is 8.09. The molecule has 7 heteroatoms. The van der Waals surface area contributed by atoms with Crippen molar-refractivity contribution < 1.29 is 9.53 Å². The number of ether oxygens (including phenoxy) is 1. The number of nitrogens with zero attached hydrogens (tertiary/aromatic N) is 2. The smallest absolute Gasteiger partial charge is 0.263 e. The number of hydrogen-bond acceptors (Lipinski definition) is 6. The quantitative estimate of drug-likeness (QED) is 0.647. The van der Waals surface area contributed by atoms with Gasteiger partial charge in [-0.05, 0) is 31.2 Å². The molecule has 1 aromatic carbocycles. The number of thiocarbonyl (C=S) groups is 1. The van der Waals surface area contributed by atoms with Gasteiger partial charge in [0.1, 0.15) is 10.1 Å². The minimum absolute atomic E-state index is 0.146. The van der Waals surface area contributed by atoms with Crippen LogP contribution in [0.4, 0.5) is 5.82 Å². The number of amides is 1. The Labute approximate surface area is 155 Å². The van der Waals surface area contributed by atoms with Crippen molar-refractivity contribution in [2.75, 3.05) is 31.2 Å². The van der Waals surface area contributed by atoms with Crippen LogP contribution in [0.25, 0.3) is 17.0 Å². The molecular weight excluding hydrogens is 354 g/mol. The van der Waals surface area contributed by atoms with E-state index >= 15 is 0 Å². The maximum atomic E-state index is 12.1. The number of thioether (sulfide) groups is 1. The van der Waals surface area contributed by atoms with Crippen LogP contribution < -0.4 is 10.2 Å². The van der Waals surface area contributed by atoms with Crippen LogP contribution in [0.1, 0.15) is 11.1 Å². The molecule has 0 bridgehead atoms. The number of hydrogen-bond donors (Lipinski definition) is 1. The normalized spacial score (nSPS) is 19.7. The Bertz CT molecular complexity index is 905. The van der Waals surface area contributed by atoms with Crippen LogP contribution in [-0.2, 0) is 9.53 Å². The summed E-state index contributed by atoms with van der Waals surface area (Å²) in [4.78, 5) is 19.7. The van der Waals surface area contributed by atoms with Gasteiger partial charge in [0, 0.05) is 24.0 Å². The topological polar surface area (TPSA) is 54.5 Å². The molecule has 0 spiro atoms. The van der Waals surface area contributed by atoms with Crippen molar-refractivity contribution in [3.8, 4) is 0 Å². The van der Waals surface area contributed by atoms with Crippen molar-refractivity contribution in [1.29, 1.82) is 0 Å². The lowest BCUT2D eigenvalue weighted by Gasteiger charge is -2.29. The Morgan fingerprint density at radius 3 is 2.84 bits per heavy atom. The minimum atomic E-state index is -0.146. The van der Waals surface area contributed by atoms with Crippen LogP contribution in [0.15, 0.2) is 29.2 Å². The van der Waals surface area contributed by atoms with Gasteiger partial charge in [-0.2, -0.15) is 0 Å². The molecule has 0 aliphatic carbocycles.